The lowest BCUT2D eigenvalue weighted by molar-refractivity contribution is -0.121. The summed E-state index contributed by atoms with van der Waals surface area (Å²) in [6.07, 6.45) is 4.31. The fourth-order valence-corrected chi connectivity index (χ4v) is 5.36. The number of piperidine rings is 1. The minimum Gasteiger partial charge on any atom is -0.310 e. The summed E-state index contributed by atoms with van der Waals surface area (Å²) in [6, 6.07) is 15.9. The summed E-state index contributed by atoms with van der Waals surface area (Å²) in [5.74, 6) is 1.53. The highest BCUT2D eigenvalue weighted by Gasteiger charge is 2.27. The number of carbonyl (C=O) groups is 1. The Balaban J connectivity index is 1.32. The lowest BCUT2D eigenvalue weighted by atomic mass is 9.97. The number of benzene rings is 1. The van der Waals surface area contributed by atoms with Crippen molar-refractivity contribution in [1.82, 2.24) is 29.1 Å². The Morgan fingerprint density at radius 1 is 1.03 bits per heavy atom. The van der Waals surface area contributed by atoms with Crippen LogP contribution in [0.3, 0.4) is 0 Å². The molecule has 4 heterocycles. The molecule has 0 radical (unpaired) electrons. The van der Waals surface area contributed by atoms with Gasteiger partial charge in [-0.15, -0.1) is 0 Å². The molecule has 9 heteroatoms. The second-order valence-electron chi connectivity index (χ2n) is 9.56. The van der Waals surface area contributed by atoms with Gasteiger partial charge in [-0.2, -0.15) is 5.10 Å². The summed E-state index contributed by atoms with van der Waals surface area (Å²) < 4.78 is 4.72. The van der Waals surface area contributed by atoms with E-state index in [1.807, 2.05) is 48.0 Å². The molecule has 5 rings (SSSR count). The van der Waals surface area contributed by atoms with Gasteiger partial charge in [0.25, 0.3) is 0 Å². The predicted molar refractivity (Wildman–Crippen MR) is 139 cm³/mol. The molecule has 0 saturated carbocycles. The van der Waals surface area contributed by atoms with Crippen molar-refractivity contribution in [2.24, 2.45) is 5.92 Å². The highest BCUT2D eigenvalue weighted by molar-refractivity contribution is 7.71. The normalized spacial score (nSPS) is 19.2. The van der Waals surface area contributed by atoms with Crippen molar-refractivity contribution in [3.05, 3.63) is 64.8 Å². The number of likely N-dealkylation sites (tertiary alicyclic amines) is 2. The van der Waals surface area contributed by atoms with Gasteiger partial charge in [0.1, 0.15) is 5.82 Å². The van der Waals surface area contributed by atoms with E-state index in [-0.39, 0.29) is 11.8 Å². The van der Waals surface area contributed by atoms with Crippen LogP contribution >= 0.6 is 12.2 Å². The summed E-state index contributed by atoms with van der Waals surface area (Å²) >= 11 is 5.91. The minimum absolute atomic E-state index is 0.0286. The number of rotatable bonds is 7. The first-order chi connectivity index (χ1) is 17.1. The lowest BCUT2D eigenvalue weighted by Gasteiger charge is -2.31. The van der Waals surface area contributed by atoms with Gasteiger partial charge < -0.3 is 5.32 Å². The zero-order chi connectivity index (χ0) is 24.2. The summed E-state index contributed by atoms with van der Waals surface area (Å²) in [7, 11) is 0. The Morgan fingerprint density at radius 2 is 1.80 bits per heavy atom. The third-order valence-corrected chi connectivity index (χ3v) is 7.23. The van der Waals surface area contributed by atoms with E-state index in [0.29, 0.717) is 23.8 Å². The van der Waals surface area contributed by atoms with Crippen LogP contribution in [0.1, 0.15) is 37.2 Å². The van der Waals surface area contributed by atoms with Gasteiger partial charge in [0, 0.05) is 17.9 Å². The second kappa shape index (κ2) is 10.8. The summed E-state index contributed by atoms with van der Waals surface area (Å²) in [4.78, 5) is 22.1. The smallest absolute Gasteiger partial charge is 0.229 e. The van der Waals surface area contributed by atoms with E-state index in [9.17, 15) is 4.79 Å². The number of hydrogen-bond donors (Lipinski definition) is 1. The molecular formula is C26H33N7OS. The van der Waals surface area contributed by atoms with Crippen molar-refractivity contribution in [3.8, 4) is 5.69 Å². The van der Waals surface area contributed by atoms with Crippen LogP contribution in [-0.2, 0) is 18.0 Å². The second-order valence-corrected chi connectivity index (χ2v) is 9.93. The summed E-state index contributed by atoms with van der Waals surface area (Å²) in [6.45, 7) is 7.11. The fraction of sp³-hybridized carbons (Fsp3) is 0.462. The number of hydrogen-bond acceptors (Lipinski definition) is 6. The topological polar surface area (TPSA) is 71.2 Å². The Labute approximate surface area is 211 Å². The molecular weight excluding hydrogens is 458 g/mol. The van der Waals surface area contributed by atoms with Crippen molar-refractivity contribution in [2.75, 3.05) is 31.5 Å². The summed E-state index contributed by atoms with van der Waals surface area (Å²) in [5.41, 5.74) is 1.93. The van der Waals surface area contributed by atoms with Crippen LogP contribution in [0.15, 0.2) is 48.5 Å². The van der Waals surface area contributed by atoms with Crippen LogP contribution in [0.2, 0.25) is 0 Å². The van der Waals surface area contributed by atoms with E-state index in [1.54, 1.807) is 0 Å². The number of aryl methyl sites for hydroxylation is 1. The highest BCUT2D eigenvalue weighted by atomic mass is 32.1. The van der Waals surface area contributed by atoms with Crippen molar-refractivity contribution >= 4 is 23.9 Å². The molecule has 1 unspecified atom stereocenters. The minimum atomic E-state index is -0.0829. The zero-order valence-electron chi connectivity index (χ0n) is 20.3. The molecule has 0 aliphatic carbocycles. The largest absolute Gasteiger partial charge is 0.310 e. The van der Waals surface area contributed by atoms with E-state index in [2.05, 4.69) is 36.8 Å². The Kier molecular flexibility index (Phi) is 7.36. The molecule has 2 aliphatic heterocycles. The number of para-hydroxylation sites is 1. The van der Waals surface area contributed by atoms with E-state index in [4.69, 9.17) is 17.3 Å². The van der Waals surface area contributed by atoms with Crippen LogP contribution in [-0.4, -0.2) is 61.2 Å². The highest BCUT2D eigenvalue weighted by Crippen LogP contribution is 2.21. The average Bonchev–Trinajstić information content (AvgIpc) is 3.48. The molecule has 2 fully saturated rings. The predicted octanol–water partition coefficient (Wildman–Crippen LogP) is 4.01. The van der Waals surface area contributed by atoms with E-state index < -0.39 is 0 Å². The van der Waals surface area contributed by atoms with Crippen LogP contribution in [0.4, 0.5) is 5.82 Å². The van der Waals surface area contributed by atoms with E-state index >= 15 is 0 Å². The van der Waals surface area contributed by atoms with Gasteiger partial charge in [-0.05, 0) is 88.7 Å². The quantitative estimate of drug-likeness (QED) is 0.504. The van der Waals surface area contributed by atoms with E-state index in [0.717, 1.165) is 56.2 Å². The van der Waals surface area contributed by atoms with Gasteiger partial charge in [-0.25, -0.2) is 9.67 Å². The maximum absolute atomic E-state index is 12.9. The van der Waals surface area contributed by atoms with Crippen molar-refractivity contribution in [3.63, 3.8) is 0 Å². The maximum atomic E-state index is 12.9. The fourth-order valence-electron chi connectivity index (χ4n) is 5.05. The van der Waals surface area contributed by atoms with Crippen molar-refractivity contribution < 1.29 is 4.79 Å². The molecule has 0 spiro atoms. The average molecular weight is 492 g/mol. The first kappa shape index (κ1) is 23.8. The maximum Gasteiger partial charge on any atom is 0.229 e. The Bertz CT molecular complexity index is 1220. The third-order valence-electron chi connectivity index (χ3n) is 6.83. The van der Waals surface area contributed by atoms with Gasteiger partial charge in [-0.3, -0.25) is 19.2 Å². The van der Waals surface area contributed by atoms with Gasteiger partial charge in [-0.1, -0.05) is 24.3 Å². The van der Waals surface area contributed by atoms with Crippen molar-refractivity contribution in [2.45, 2.75) is 45.8 Å². The first-order valence-electron chi connectivity index (χ1n) is 12.5. The molecule has 8 nitrogen and oxygen atoms in total. The van der Waals surface area contributed by atoms with Gasteiger partial charge >= 0.3 is 0 Å². The van der Waals surface area contributed by atoms with Crippen LogP contribution in [0.25, 0.3) is 5.69 Å². The molecule has 1 N–H and O–H groups in total. The van der Waals surface area contributed by atoms with E-state index in [1.165, 1.54) is 12.8 Å². The molecule has 1 amide bonds. The summed E-state index contributed by atoms with van der Waals surface area (Å²) in [5, 5.41) is 7.97. The van der Waals surface area contributed by atoms with Gasteiger partial charge in [0.15, 0.2) is 5.82 Å². The van der Waals surface area contributed by atoms with Crippen molar-refractivity contribution in [1.29, 1.82) is 0 Å². The zero-order valence-corrected chi connectivity index (χ0v) is 21.1. The van der Waals surface area contributed by atoms with Gasteiger partial charge in [0.05, 0.1) is 19.1 Å². The molecule has 184 valence electrons. The number of anilines is 1. The SMILES string of the molecule is Cc1cccc(NC(=O)C2CCCN(Cn3nc(CN4CCCC4)n(-c4ccccc4)c3=S)C2)n1. The Morgan fingerprint density at radius 3 is 2.57 bits per heavy atom. The monoisotopic (exact) mass is 491 g/mol. The number of aromatic nitrogens is 4. The molecule has 2 aromatic heterocycles. The molecule has 3 aromatic rings. The third kappa shape index (κ3) is 5.69. The number of nitrogens with zero attached hydrogens (tertiary/aromatic N) is 6. The Hall–Kier alpha value is -2.88. The van der Waals surface area contributed by atoms with Crippen LogP contribution in [0, 0.1) is 17.6 Å². The lowest BCUT2D eigenvalue weighted by Crippen LogP contribution is -2.41. The number of carbonyl (C=O) groups excluding carboxylic acids is 1. The van der Waals surface area contributed by atoms with Crippen LogP contribution in [0.5, 0.6) is 0 Å². The molecule has 2 aliphatic rings. The van der Waals surface area contributed by atoms with Crippen LogP contribution < -0.4 is 5.32 Å². The molecule has 35 heavy (non-hydrogen) atoms. The van der Waals surface area contributed by atoms with Gasteiger partial charge in [0.2, 0.25) is 10.7 Å². The molecule has 1 aromatic carbocycles. The molecule has 1 atom stereocenters. The standard InChI is InChI=1S/C26H33N7OS/c1-20-9-7-13-23(27-20)28-25(34)21-10-8-16-31(17-21)19-32-26(35)33(22-11-3-2-4-12-22)24(29-32)18-30-14-5-6-15-30/h2-4,7,9,11-13,21H,5-6,8,10,14-19H2,1H3,(H,27,28,34). The first-order valence-corrected chi connectivity index (χ1v) is 12.9. The molecule has 0 bridgehead atoms. The number of pyridine rings is 1. The molecule has 2 saturated heterocycles. The number of amides is 1. The number of nitrogens with one attached hydrogen (secondary N) is 1.